The van der Waals surface area contributed by atoms with Crippen LogP contribution >= 0.6 is 0 Å². The van der Waals surface area contributed by atoms with E-state index in [9.17, 15) is 0 Å². The second kappa shape index (κ2) is 2.90. The van der Waals surface area contributed by atoms with E-state index in [2.05, 4.69) is 11.8 Å². The van der Waals surface area contributed by atoms with Crippen molar-refractivity contribution in [3.63, 3.8) is 0 Å². The van der Waals surface area contributed by atoms with Gasteiger partial charge in [-0.05, 0) is 44.1 Å². The Labute approximate surface area is 114 Å². The number of hydrogen-bond acceptors (Lipinski definition) is 3. The summed E-state index contributed by atoms with van der Waals surface area (Å²) >= 11 is 0. The van der Waals surface area contributed by atoms with Gasteiger partial charge in [0.2, 0.25) is 0 Å². The lowest BCUT2D eigenvalue weighted by molar-refractivity contribution is -0.270. The van der Waals surface area contributed by atoms with Gasteiger partial charge in [0, 0.05) is 23.4 Å². The molecular formula is C16H23NO2. The van der Waals surface area contributed by atoms with Gasteiger partial charge in [-0.2, -0.15) is 0 Å². The van der Waals surface area contributed by atoms with Gasteiger partial charge >= 0.3 is 0 Å². The van der Waals surface area contributed by atoms with Crippen molar-refractivity contribution in [3.8, 4) is 0 Å². The highest BCUT2D eigenvalue weighted by atomic mass is 16.6. The molecule has 2 aliphatic carbocycles. The predicted octanol–water partition coefficient (Wildman–Crippen LogP) is 1.66. The molecule has 1 spiro atoms. The molecule has 4 aliphatic heterocycles. The van der Waals surface area contributed by atoms with Crippen LogP contribution < -0.4 is 0 Å². The zero-order chi connectivity index (χ0) is 12.4. The van der Waals surface area contributed by atoms with Gasteiger partial charge in [-0.3, -0.25) is 4.90 Å². The lowest BCUT2D eigenvalue weighted by Crippen LogP contribution is -2.84. The molecule has 104 valence electrons. The van der Waals surface area contributed by atoms with E-state index in [0.717, 1.165) is 24.4 Å². The molecule has 6 fully saturated rings. The Morgan fingerprint density at radius 1 is 1.26 bits per heavy atom. The summed E-state index contributed by atoms with van der Waals surface area (Å²) < 4.78 is 12.5. The highest BCUT2D eigenvalue weighted by Gasteiger charge is 2.84. The maximum absolute atomic E-state index is 6.26. The molecule has 0 aromatic heterocycles. The second-order valence-electron chi connectivity index (χ2n) is 8.06. The molecule has 3 nitrogen and oxygen atoms in total. The summed E-state index contributed by atoms with van der Waals surface area (Å²) in [5.74, 6) is 2.44. The molecule has 19 heavy (non-hydrogen) atoms. The Hall–Kier alpha value is -0.120. The van der Waals surface area contributed by atoms with Gasteiger partial charge < -0.3 is 9.47 Å². The molecule has 0 amide bonds. The third kappa shape index (κ3) is 0.849. The molecule has 0 aromatic rings. The highest BCUT2D eigenvalue weighted by molar-refractivity contribution is 5.34. The lowest BCUT2D eigenvalue weighted by Gasteiger charge is -2.76. The number of ether oxygens (including phenoxy) is 2. The van der Waals surface area contributed by atoms with Crippen molar-refractivity contribution >= 4 is 0 Å². The van der Waals surface area contributed by atoms with Gasteiger partial charge in [0.25, 0.3) is 0 Å². The second-order valence-corrected chi connectivity index (χ2v) is 8.06. The van der Waals surface area contributed by atoms with Gasteiger partial charge in [-0.15, -0.1) is 0 Å². The standard InChI is InChI=1S/C16H23NO2/c1-9-6-15-11-3-2-4-17(15)7-13-14(19-13)16(9,15)10-5-12(11)18-8-10/h9-14H,2-8H2,1H3/t9-,10+,11?,12?,13+,14?,15?,16-/m0/s1. The van der Waals surface area contributed by atoms with Crippen LogP contribution in [-0.2, 0) is 9.47 Å². The Kier molecular flexibility index (Phi) is 1.62. The molecule has 0 N–H and O–H groups in total. The topological polar surface area (TPSA) is 25.0 Å². The van der Waals surface area contributed by atoms with Crippen LogP contribution in [0.25, 0.3) is 0 Å². The van der Waals surface area contributed by atoms with E-state index >= 15 is 0 Å². The molecule has 4 unspecified atom stereocenters. The Morgan fingerprint density at radius 2 is 2.21 bits per heavy atom. The van der Waals surface area contributed by atoms with Crippen LogP contribution in [0.1, 0.15) is 32.6 Å². The first-order valence-electron chi connectivity index (χ1n) is 8.30. The Morgan fingerprint density at radius 3 is 3.11 bits per heavy atom. The van der Waals surface area contributed by atoms with E-state index in [1.165, 1.54) is 38.8 Å². The molecular weight excluding hydrogens is 238 g/mol. The molecule has 8 atom stereocenters. The van der Waals surface area contributed by atoms with Crippen molar-refractivity contribution < 1.29 is 9.47 Å². The zero-order valence-corrected chi connectivity index (χ0v) is 11.7. The quantitative estimate of drug-likeness (QED) is 0.620. The molecule has 2 bridgehead atoms. The number of rotatable bonds is 0. The minimum atomic E-state index is 0.466. The van der Waals surface area contributed by atoms with Crippen LogP contribution in [-0.4, -0.2) is 48.4 Å². The molecule has 4 saturated heterocycles. The van der Waals surface area contributed by atoms with Crippen LogP contribution in [0.15, 0.2) is 0 Å². The summed E-state index contributed by atoms with van der Waals surface area (Å²) in [6.45, 7) is 6.05. The van der Waals surface area contributed by atoms with Gasteiger partial charge in [-0.1, -0.05) is 6.92 Å². The van der Waals surface area contributed by atoms with Crippen LogP contribution in [0, 0.1) is 23.2 Å². The summed E-state index contributed by atoms with van der Waals surface area (Å²) in [7, 11) is 0. The van der Waals surface area contributed by atoms with E-state index in [1.807, 2.05) is 0 Å². The minimum Gasteiger partial charge on any atom is -0.378 e. The van der Waals surface area contributed by atoms with Crippen molar-refractivity contribution in [2.75, 3.05) is 19.7 Å². The van der Waals surface area contributed by atoms with Gasteiger partial charge in [0.05, 0.1) is 24.9 Å². The summed E-state index contributed by atoms with van der Waals surface area (Å²) in [6, 6.07) is 0. The first-order chi connectivity index (χ1) is 9.28. The lowest BCUT2D eigenvalue weighted by atomic mass is 9.34. The minimum absolute atomic E-state index is 0.466. The number of epoxide rings is 1. The summed E-state index contributed by atoms with van der Waals surface area (Å²) in [4.78, 5) is 2.86. The van der Waals surface area contributed by atoms with E-state index in [0.29, 0.717) is 29.3 Å². The van der Waals surface area contributed by atoms with Crippen LogP contribution in [0.2, 0.25) is 0 Å². The third-order valence-corrected chi connectivity index (χ3v) is 7.91. The normalized spacial score (nSPS) is 68.7. The molecule has 0 aromatic carbocycles. The average molecular weight is 261 g/mol. The van der Waals surface area contributed by atoms with E-state index in [-0.39, 0.29) is 0 Å². The third-order valence-electron chi connectivity index (χ3n) is 7.91. The van der Waals surface area contributed by atoms with E-state index in [1.54, 1.807) is 0 Å². The molecule has 6 aliphatic rings. The van der Waals surface area contributed by atoms with Crippen molar-refractivity contribution in [1.82, 2.24) is 4.90 Å². The maximum atomic E-state index is 6.26. The summed E-state index contributed by atoms with van der Waals surface area (Å²) in [6.07, 6.45) is 7.24. The van der Waals surface area contributed by atoms with Crippen molar-refractivity contribution in [1.29, 1.82) is 0 Å². The Bertz CT molecular complexity index is 468. The first kappa shape index (κ1) is 10.6. The first-order valence-corrected chi connectivity index (χ1v) is 8.30. The number of fused-ring (bicyclic) bond motifs is 4. The molecule has 3 heteroatoms. The van der Waals surface area contributed by atoms with Crippen molar-refractivity contribution in [2.45, 2.75) is 56.5 Å². The van der Waals surface area contributed by atoms with Crippen molar-refractivity contribution in [2.24, 2.45) is 23.2 Å². The fraction of sp³-hybridized carbons (Fsp3) is 1.00. The highest BCUT2D eigenvalue weighted by Crippen LogP contribution is 2.77. The summed E-state index contributed by atoms with van der Waals surface area (Å²) in [5, 5.41) is 0. The Balaban J connectivity index is 1.61. The van der Waals surface area contributed by atoms with E-state index in [4.69, 9.17) is 9.47 Å². The average Bonchev–Trinajstić information content (AvgIpc) is 3.00. The van der Waals surface area contributed by atoms with Gasteiger partial charge in [0.1, 0.15) is 0 Å². The maximum Gasteiger partial charge on any atom is 0.0975 e. The molecule has 4 heterocycles. The zero-order valence-electron chi connectivity index (χ0n) is 11.7. The molecule has 6 rings (SSSR count). The number of hydrogen-bond donors (Lipinski definition) is 0. The molecule has 0 radical (unpaired) electrons. The van der Waals surface area contributed by atoms with Crippen LogP contribution in [0.3, 0.4) is 0 Å². The van der Waals surface area contributed by atoms with Crippen LogP contribution in [0.4, 0.5) is 0 Å². The monoisotopic (exact) mass is 261 g/mol. The van der Waals surface area contributed by atoms with Gasteiger partial charge in [-0.25, -0.2) is 0 Å². The van der Waals surface area contributed by atoms with Crippen LogP contribution in [0.5, 0.6) is 0 Å². The molecule has 2 saturated carbocycles. The smallest absolute Gasteiger partial charge is 0.0975 e. The van der Waals surface area contributed by atoms with Crippen molar-refractivity contribution in [3.05, 3.63) is 0 Å². The number of nitrogens with zero attached hydrogens (tertiary/aromatic N) is 1. The summed E-state index contributed by atoms with van der Waals surface area (Å²) in [5.41, 5.74) is 0.945. The fourth-order valence-corrected chi connectivity index (χ4v) is 7.61. The fourth-order valence-electron chi connectivity index (χ4n) is 7.61. The van der Waals surface area contributed by atoms with Gasteiger partial charge in [0.15, 0.2) is 0 Å². The predicted molar refractivity (Wildman–Crippen MR) is 69.8 cm³/mol. The number of piperidine rings is 2. The van der Waals surface area contributed by atoms with E-state index < -0.39 is 0 Å². The largest absolute Gasteiger partial charge is 0.378 e. The SMILES string of the molecule is C[C@H]1CC23C4CCCN2C[C@H]2OC2[C@@]13[C@H]1COC4C1.